The van der Waals surface area contributed by atoms with Crippen molar-refractivity contribution in [2.75, 3.05) is 0 Å². The maximum Gasteiger partial charge on any atom is 0.257 e. The first-order valence-electron chi connectivity index (χ1n) is 6.64. The molecule has 1 heterocycles. The van der Waals surface area contributed by atoms with Crippen LogP contribution in [0.15, 0.2) is 47.2 Å². The number of rotatable bonds is 4. The third-order valence-corrected chi connectivity index (χ3v) is 3.75. The zero-order valence-electron chi connectivity index (χ0n) is 11.9. The van der Waals surface area contributed by atoms with Gasteiger partial charge in [0.05, 0.1) is 10.0 Å². The number of hydrogen-bond acceptors (Lipinski definition) is 2. The van der Waals surface area contributed by atoms with Crippen LogP contribution in [0.4, 0.5) is 4.39 Å². The molecule has 2 aromatic rings. The summed E-state index contributed by atoms with van der Waals surface area (Å²) in [5, 5.41) is 0. The number of carbonyl (C=O) groups is 1. The molecule has 0 radical (unpaired) electrons. The minimum Gasteiger partial charge on any atom is -0.332 e. The molecule has 5 heteroatoms. The van der Waals surface area contributed by atoms with E-state index in [0.29, 0.717) is 11.0 Å². The molecule has 0 saturated carbocycles. The van der Waals surface area contributed by atoms with Gasteiger partial charge in [0.15, 0.2) is 0 Å². The lowest BCUT2D eigenvalue weighted by Crippen LogP contribution is -2.36. The van der Waals surface area contributed by atoms with Crippen molar-refractivity contribution in [2.45, 2.75) is 26.4 Å². The third-order valence-electron chi connectivity index (χ3n) is 3.14. The van der Waals surface area contributed by atoms with E-state index in [1.54, 1.807) is 29.4 Å². The minimum absolute atomic E-state index is 0.0453. The Bertz CT molecular complexity index is 631. The van der Waals surface area contributed by atoms with Crippen LogP contribution < -0.4 is 0 Å². The number of carbonyl (C=O) groups excluding carboxylic acids is 1. The fraction of sp³-hybridized carbons (Fsp3) is 0.250. The molecule has 21 heavy (non-hydrogen) atoms. The Morgan fingerprint density at radius 1 is 1.33 bits per heavy atom. The van der Waals surface area contributed by atoms with Crippen molar-refractivity contribution < 1.29 is 9.18 Å². The molecule has 0 fully saturated rings. The number of hydrogen-bond donors (Lipinski definition) is 0. The second-order valence-corrected chi connectivity index (χ2v) is 5.84. The average Bonchev–Trinajstić information content (AvgIpc) is 2.48. The van der Waals surface area contributed by atoms with Crippen LogP contribution in [0.5, 0.6) is 0 Å². The van der Waals surface area contributed by atoms with Crippen LogP contribution in [-0.2, 0) is 6.54 Å². The second-order valence-electron chi connectivity index (χ2n) is 4.99. The smallest absolute Gasteiger partial charge is 0.257 e. The monoisotopic (exact) mass is 350 g/mol. The number of benzene rings is 1. The van der Waals surface area contributed by atoms with Gasteiger partial charge in [0.1, 0.15) is 5.82 Å². The van der Waals surface area contributed by atoms with Crippen molar-refractivity contribution in [1.82, 2.24) is 9.88 Å². The summed E-state index contributed by atoms with van der Waals surface area (Å²) in [6, 6.07) is 8.40. The number of amides is 1. The Kier molecular flexibility index (Phi) is 5.07. The van der Waals surface area contributed by atoms with E-state index in [-0.39, 0.29) is 17.5 Å². The molecule has 0 spiro atoms. The first-order chi connectivity index (χ1) is 10.0. The Hall–Kier alpha value is -1.75. The predicted octanol–water partition coefficient (Wildman–Crippen LogP) is 4.03. The van der Waals surface area contributed by atoms with E-state index in [1.165, 1.54) is 6.07 Å². The van der Waals surface area contributed by atoms with E-state index in [1.807, 2.05) is 26.0 Å². The van der Waals surface area contributed by atoms with Crippen LogP contribution in [0.2, 0.25) is 0 Å². The van der Waals surface area contributed by atoms with E-state index in [4.69, 9.17) is 0 Å². The summed E-state index contributed by atoms with van der Waals surface area (Å²) in [6.07, 6.45) is 3.39. The molecule has 110 valence electrons. The highest BCUT2D eigenvalue weighted by Gasteiger charge is 2.22. The van der Waals surface area contributed by atoms with Crippen molar-refractivity contribution in [3.63, 3.8) is 0 Å². The van der Waals surface area contributed by atoms with Gasteiger partial charge in [-0.15, -0.1) is 0 Å². The van der Waals surface area contributed by atoms with Crippen LogP contribution in [0.1, 0.15) is 29.8 Å². The van der Waals surface area contributed by atoms with Gasteiger partial charge in [-0.1, -0.05) is 12.1 Å². The van der Waals surface area contributed by atoms with Gasteiger partial charge in [-0.3, -0.25) is 9.78 Å². The summed E-state index contributed by atoms with van der Waals surface area (Å²) in [4.78, 5) is 18.3. The summed E-state index contributed by atoms with van der Waals surface area (Å²) in [6.45, 7) is 4.21. The van der Waals surface area contributed by atoms with Crippen molar-refractivity contribution >= 4 is 21.8 Å². The van der Waals surface area contributed by atoms with E-state index >= 15 is 0 Å². The van der Waals surface area contributed by atoms with E-state index in [2.05, 4.69) is 20.9 Å². The SMILES string of the molecule is CC(C)N(Cc1cccnc1)C(=O)c1cccc(Br)c1F. The minimum atomic E-state index is -0.528. The van der Waals surface area contributed by atoms with Crippen molar-refractivity contribution in [2.24, 2.45) is 0 Å². The number of halogens is 2. The quantitative estimate of drug-likeness (QED) is 0.833. The van der Waals surface area contributed by atoms with E-state index in [0.717, 1.165) is 5.56 Å². The molecule has 1 amide bonds. The lowest BCUT2D eigenvalue weighted by Gasteiger charge is -2.27. The maximum atomic E-state index is 14.1. The molecule has 2 rings (SSSR count). The highest BCUT2D eigenvalue weighted by molar-refractivity contribution is 9.10. The summed E-state index contributed by atoms with van der Waals surface area (Å²) < 4.78 is 14.4. The summed E-state index contributed by atoms with van der Waals surface area (Å²) in [7, 11) is 0. The molecule has 1 aromatic carbocycles. The standard InChI is InChI=1S/C16H16BrFN2O/c1-11(2)20(10-12-5-4-8-19-9-12)16(21)13-6-3-7-14(17)15(13)18/h3-9,11H,10H2,1-2H3. The molecule has 0 atom stereocenters. The second kappa shape index (κ2) is 6.80. The first kappa shape index (κ1) is 15.6. The van der Waals surface area contributed by atoms with Crippen LogP contribution in [0.3, 0.4) is 0 Å². The van der Waals surface area contributed by atoms with Gasteiger partial charge >= 0.3 is 0 Å². The van der Waals surface area contributed by atoms with Gasteiger partial charge in [0.2, 0.25) is 0 Å². The molecule has 0 N–H and O–H groups in total. The van der Waals surface area contributed by atoms with Crippen molar-refractivity contribution in [3.8, 4) is 0 Å². The maximum absolute atomic E-state index is 14.1. The summed E-state index contributed by atoms with van der Waals surface area (Å²) in [5.41, 5.74) is 0.983. The molecule has 0 aliphatic heterocycles. The van der Waals surface area contributed by atoms with Gasteiger partial charge in [0.25, 0.3) is 5.91 Å². The van der Waals surface area contributed by atoms with Crippen LogP contribution in [0, 0.1) is 5.82 Å². The molecule has 3 nitrogen and oxygen atoms in total. The Morgan fingerprint density at radius 2 is 2.10 bits per heavy atom. The first-order valence-corrected chi connectivity index (χ1v) is 7.44. The third kappa shape index (κ3) is 3.67. The van der Waals surface area contributed by atoms with Crippen LogP contribution in [-0.4, -0.2) is 21.8 Å². The average molecular weight is 351 g/mol. The summed E-state index contributed by atoms with van der Waals surface area (Å²) in [5.74, 6) is -0.855. The van der Waals surface area contributed by atoms with Gasteiger partial charge < -0.3 is 4.90 Å². The number of pyridine rings is 1. The van der Waals surface area contributed by atoms with Gasteiger partial charge in [-0.2, -0.15) is 0 Å². The highest BCUT2D eigenvalue weighted by atomic mass is 79.9. The fourth-order valence-corrected chi connectivity index (χ4v) is 2.37. The van der Waals surface area contributed by atoms with Gasteiger partial charge in [0, 0.05) is 25.0 Å². The zero-order chi connectivity index (χ0) is 15.4. The largest absolute Gasteiger partial charge is 0.332 e. The lowest BCUT2D eigenvalue weighted by atomic mass is 10.1. The van der Waals surface area contributed by atoms with Crippen LogP contribution in [0.25, 0.3) is 0 Å². The molecule has 0 aliphatic carbocycles. The van der Waals surface area contributed by atoms with Crippen molar-refractivity contribution in [3.05, 3.63) is 64.1 Å². The van der Waals surface area contributed by atoms with E-state index < -0.39 is 5.82 Å². The number of aromatic nitrogens is 1. The Labute approximate surface area is 131 Å². The zero-order valence-corrected chi connectivity index (χ0v) is 13.5. The van der Waals surface area contributed by atoms with Crippen molar-refractivity contribution in [1.29, 1.82) is 0 Å². The Balaban J connectivity index is 2.30. The molecular formula is C16H16BrFN2O. The lowest BCUT2D eigenvalue weighted by molar-refractivity contribution is 0.0685. The van der Waals surface area contributed by atoms with Crippen LogP contribution >= 0.6 is 15.9 Å². The molecule has 0 saturated heterocycles. The molecular weight excluding hydrogens is 335 g/mol. The molecule has 0 unspecified atom stereocenters. The fourth-order valence-electron chi connectivity index (χ4n) is 2.00. The highest BCUT2D eigenvalue weighted by Crippen LogP contribution is 2.21. The Morgan fingerprint density at radius 3 is 2.71 bits per heavy atom. The summed E-state index contributed by atoms with van der Waals surface area (Å²) >= 11 is 3.11. The number of nitrogens with zero attached hydrogens (tertiary/aromatic N) is 2. The van der Waals surface area contributed by atoms with E-state index in [9.17, 15) is 9.18 Å². The predicted molar refractivity (Wildman–Crippen MR) is 83.3 cm³/mol. The topological polar surface area (TPSA) is 33.2 Å². The molecule has 1 aromatic heterocycles. The van der Waals surface area contributed by atoms with Gasteiger partial charge in [-0.05, 0) is 53.5 Å². The molecule has 0 aliphatic rings. The molecule has 0 bridgehead atoms. The normalized spacial score (nSPS) is 10.7. The van der Waals surface area contributed by atoms with Gasteiger partial charge in [-0.25, -0.2) is 4.39 Å².